The van der Waals surface area contributed by atoms with Gasteiger partial charge in [-0.05, 0) is 44.2 Å². The number of amides is 1. The van der Waals surface area contributed by atoms with Crippen molar-refractivity contribution in [3.05, 3.63) is 60.4 Å². The van der Waals surface area contributed by atoms with Crippen LogP contribution in [0.2, 0.25) is 0 Å². The fourth-order valence-corrected chi connectivity index (χ4v) is 3.70. The minimum atomic E-state index is -3.66. The number of benzene rings is 2. The molecule has 0 radical (unpaired) electrons. The van der Waals surface area contributed by atoms with Crippen molar-refractivity contribution in [1.29, 1.82) is 0 Å². The number of fused-ring (bicyclic) bond motifs is 1. The zero-order valence-corrected chi connectivity index (χ0v) is 14.6. The lowest BCUT2D eigenvalue weighted by molar-refractivity contribution is 0.101. The second-order valence-electron chi connectivity index (χ2n) is 5.85. The van der Waals surface area contributed by atoms with E-state index >= 15 is 0 Å². The number of aromatic nitrogens is 2. The number of rotatable bonds is 5. The molecule has 1 aromatic heterocycles. The molecular weight excluding hydrogens is 340 g/mol. The van der Waals surface area contributed by atoms with Gasteiger partial charge in [0.1, 0.15) is 6.33 Å². The molecule has 2 N–H and O–H groups in total. The van der Waals surface area contributed by atoms with E-state index in [1.165, 1.54) is 29.2 Å². The van der Waals surface area contributed by atoms with E-state index in [4.69, 9.17) is 0 Å². The van der Waals surface area contributed by atoms with Gasteiger partial charge in [0.2, 0.25) is 10.0 Å². The molecule has 0 saturated heterocycles. The summed E-state index contributed by atoms with van der Waals surface area (Å²) in [6.45, 7) is 3.47. The number of hydrogen-bond acceptors (Lipinski definition) is 4. The maximum atomic E-state index is 12.5. The predicted molar refractivity (Wildman–Crippen MR) is 95.3 cm³/mol. The first-order chi connectivity index (χ1) is 11.9. The van der Waals surface area contributed by atoms with Crippen LogP contribution in [0.15, 0.2) is 59.8 Å². The Labute approximate surface area is 145 Å². The molecular formula is C17H18N4O3S. The van der Waals surface area contributed by atoms with Gasteiger partial charge in [0.05, 0.1) is 15.9 Å². The molecule has 0 fully saturated rings. The summed E-state index contributed by atoms with van der Waals surface area (Å²) in [5, 5.41) is 0. The summed E-state index contributed by atoms with van der Waals surface area (Å²) in [6.07, 6.45) is 1.50. The maximum absolute atomic E-state index is 12.5. The highest BCUT2D eigenvalue weighted by atomic mass is 32.2. The smallest absolute Gasteiger partial charge is 0.267 e. The molecule has 0 spiro atoms. The van der Waals surface area contributed by atoms with Gasteiger partial charge in [0.15, 0.2) is 0 Å². The Bertz CT molecular complexity index is 1030. The van der Waals surface area contributed by atoms with Crippen LogP contribution in [0, 0.1) is 0 Å². The van der Waals surface area contributed by atoms with Crippen LogP contribution in [0.1, 0.15) is 24.2 Å². The molecule has 2 aromatic carbocycles. The van der Waals surface area contributed by atoms with Crippen LogP contribution in [-0.4, -0.2) is 30.0 Å². The molecule has 3 rings (SSSR count). The standard InChI is InChI=1S/C17H18N4O3S/c1-12(2)20-25(23,24)14-7-5-6-13(10-14)17(22)19-21-11-18-15-8-3-4-9-16(15)21/h3-12,20H,1-2H3,(H,19,22). The third-order valence-electron chi connectivity index (χ3n) is 3.47. The normalized spacial score (nSPS) is 11.8. The highest BCUT2D eigenvalue weighted by molar-refractivity contribution is 7.89. The summed E-state index contributed by atoms with van der Waals surface area (Å²) in [4.78, 5) is 16.7. The molecule has 3 aromatic rings. The quantitative estimate of drug-likeness (QED) is 0.730. The minimum absolute atomic E-state index is 0.0457. The van der Waals surface area contributed by atoms with Gasteiger partial charge in [-0.15, -0.1) is 0 Å². The molecule has 0 saturated carbocycles. The first-order valence-electron chi connectivity index (χ1n) is 7.73. The molecule has 0 unspecified atom stereocenters. The second-order valence-corrected chi connectivity index (χ2v) is 7.56. The lowest BCUT2D eigenvalue weighted by atomic mass is 10.2. The number of sulfonamides is 1. The van der Waals surface area contributed by atoms with Crippen molar-refractivity contribution in [2.75, 3.05) is 5.43 Å². The molecule has 130 valence electrons. The van der Waals surface area contributed by atoms with Crippen LogP contribution in [-0.2, 0) is 10.0 Å². The highest BCUT2D eigenvalue weighted by Crippen LogP contribution is 2.14. The summed E-state index contributed by atoms with van der Waals surface area (Å²) in [7, 11) is -3.66. The molecule has 8 heteroatoms. The predicted octanol–water partition coefficient (Wildman–Crippen LogP) is 2.11. The maximum Gasteiger partial charge on any atom is 0.270 e. The molecule has 0 aliphatic carbocycles. The second kappa shape index (κ2) is 6.66. The van der Waals surface area contributed by atoms with Crippen molar-refractivity contribution in [2.24, 2.45) is 0 Å². The number of hydrogen-bond donors (Lipinski definition) is 2. The van der Waals surface area contributed by atoms with Gasteiger partial charge in [0.25, 0.3) is 5.91 Å². The fourth-order valence-electron chi connectivity index (χ4n) is 2.41. The van der Waals surface area contributed by atoms with E-state index in [1.54, 1.807) is 19.9 Å². The third kappa shape index (κ3) is 3.70. The summed E-state index contributed by atoms with van der Waals surface area (Å²) in [6, 6.07) is 13.0. The molecule has 1 amide bonds. The van der Waals surface area contributed by atoms with Crippen LogP contribution in [0.25, 0.3) is 11.0 Å². The van der Waals surface area contributed by atoms with E-state index in [-0.39, 0.29) is 16.5 Å². The van der Waals surface area contributed by atoms with E-state index in [2.05, 4.69) is 15.1 Å². The SMILES string of the molecule is CC(C)NS(=O)(=O)c1cccc(C(=O)Nn2cnc3ccccc32)c1. The first kappa shape index (κ1) is 17.1. The summed E-state index contributed by atoms with van der Waals surface area (Å²) < 4.78 is 28.5. The number of carbonyl (C=O) groups excluding carboxylic acids is 1. The van der Waals surface area contributed by atoms with Crippen LogP contribution >= 0.6 is 0 Å². The number of nitrogens with one attached hydrogen (secondary N) is 2. The van der Waals surface area contributed by atoms with Crippen LogP contribution < -0.4 is 10.1 Å². The summed E-state index contributed by atoms with van der Waals surface area (Å²) in [5.74, 6) is -0.426. The van der Waals surface area contributed by atoms with Crippen LogP contribution in [0.3, 0.4) is 0 Å². The van der Waals surface area contributed by atoms with E-state index in [0.717, 1.165) is 11.0 Å². The molecule has 1 heterocycles. The van der Waals surface area contributed by atoms with Crippen molar-refractivity contribution < 1.29 is 13.2 Å². The Balaban J connectivity index is 1.87. The van der Waals surface area contributed by atoms with E-state index < -0.39 is 15.9 Å². The summed E-state index contributed by atoms with van der Waals surface area (Å²) >= 11 is 0. The van der Waals surface area contributed by atoms with E-state index in [9.17, 15) is 13.2 Å². The number of imidazole rings is 1. The monoisotopic (exact) mass is 358 g/mol. The van der Waals surface area contributed by atoms with Crippen molar-refractivity contribution >= 4 is 27.0 Å². The van der Waals surface area contributed by atoms with E-state index in [1.807, 2.05) is 24.3 Å². The van der Waals surface area contributed by atoms with Crippen molar-refractivity contribution in [3.8, 4) is 0 Å². The third-order valence-corrected chi connectivity index (χ3v) is 5.13. The molecule has 0 atom stereocenters. The molecule has 7 nitrogen and oxygen atoms in total. The van der Waals surface area contributed by atoms with Crippen LogP contribution in [0.5, 0.6) is 0 Å². The zero-order chi connectivity index (χ0) is 18.0. The van der Waals surface area contributed by atoms with Crippen LogP contribution in [0.4, 0.5) is 0 Å². The number of nitrogens with zero attached hydrogens (tertiary/aromatic N) is 2. The lowest BCUT2D eigenvalue weighted by Crippen LogP contribution is -2.30. The highest BCUT2D eigenvalue weighted by Gasteiger charge is 2.17. The average Bonchev–Trinajstić information content (AvgIpc) is 2.97. The lowest BCUT2D eigenvalue weighted by Gasteiger charge is -2.11. The Hall–Kier alpha value is -2.71. The molecule has 0 aliphatic rings. The van der Waals surface area contributed by atoms with Gasteiger partial charge < -0.3 is 0 Å². The van der Waals surface area contributed by atoms with Gasteiger partial charge in [-0.3, -0.25) is 10.2 Å². The van der Waals surface area contributed by atoms with Crippen molar-refractivity contribution in [3.63, 3.8) is 0 Å². The van der Waals surface area contributed by atoms with Crippen molar-refractivity contribution in [1.82, 2.24) is 14.4 Å². The Kier molecular flexibility index (Phi) is 4.56. The molecule has 0 bridgehead atoms. The zero-order valence-electron chi connectivity index (χ0n) is 13.8. The van der Waals surface area contributed by atoms with E-state index in [0.29, 0.717) is 0 Å². The van der Waals surface area contributed by atoms with Crippen molar-refractivity contribution in [2.45, 2.75) is 24.8 Å². The first-order valence-corrected chi connectivity index (χ1v) is 9.21. The van der Waals surface area contributed by atoms with Gasteiger partial charge in [-0.25, -0.2) is 22.8 Å². The Morgan fingerprint density at radius 2 is 1.88 bits per heavy atom. The Morgan fingerprint density at radius 3 is 2.64 bits per heavy atom. The molecule has 0 aliphatic heterocycles. The topological polar surface area (TPSA) is 93.1 Å². The van der Waals surface area contributed by atoms with Gasteiger partial charge in [0, 0.05) is 11.6 Å². The number of para-hydroxylation sites is 2. The minimum Gasteiger partial charge on any atom is -0.267 e. The fraction of sp³-hybridized carbons (Fsp3) is 0.176. The largest absolute Gasteiger partial charge is 0.270 e. The van der Waals surface area contributed by atoms with Gasteiger partial charge >= 0.3 is 0 Å². The molecule has 25 heavy (non-hydrogen) atoms. The average molecular weight is 358 g/mol. The van der Waals surface area contributed by atoms with Gasteiger partial charge in [-0.1, -0.05) is 18.2 Å². The van der Waals surface area contributed by atoms with Gasteiger partial charge in [-0.2, -0.15) is 0 Å². The Morgan fingerprint density at radius 1 is 1.12 bits per heavy atom. The number of carbonyl (C=O) groups is 1. The summed E-state index contributed by atoms with van der Waals surface area (Å²) in [5.41, 5.74) is 4.44.